The van der Waals surface area contributed by atoms with Crippen LogP contribution in [0.4, 0.5) is 0 Å². The van der Waals surface area contributed by atoms with Crippen molar-refractivity contribution in [3.8, 4) is 27.0 Å². The van der Waals surface area contributed by atoms with Crippen LogP contribution in [0.5, 0.6) is 0 Å². The molecule has 4 aromatic rings. The zero-order valence-corrected chi connectivity index (χ0v) is 32.3. The number of halogens is 1. The first-order chi connectivity index (χ1) is 23.4. The Morgan fingerprint density at radius 3 is 1.92 bits per heavy atom. The molecule has 48 heavy (non-hydrogen) atoms. The molecule has 5 nitrogen and oxygen atoms in total. The lowest BCUT2D eigenvalue weighted by Gasteiger charge is -2.14. The van der Waals surface area contributed by atoms with E-state index in [-0.39, 0.29) is 5.57 Å². The van der Waals surface area contributed by atoms with E-state index in [9.17, 15) is 10.1 Å². The highest BCUT2D eigenvalue weighted by Gasteiger charge is 2.19. The van der Waals surface area contributed by atoms with Crippen LogP contribution in [-0.4, -0.2) is 22.5 Å². The smallest absolute Gasteiger partial charge is 0.348 e. The van der Waals surface area contributed by atoms with E-state index in [4.69, 9.17) is 14.7 Å². The van der Waals surface area contributed by atoms with Crippen LogP contribution < -0.4 is 0 Å². The van der Waals surface area contributed by atoms with E-state index in [1.165, 1.54) is 38.5 Å². The van der Waals surface area contributed by atoms with Gasteiger partial charge in [-0.2, -0.15) is 5.26 Å². The fraction of sp³-hybridized carbons (Fsp3) is 0.500. The number of benzene rings is 1. The van der Waals surface area contributed by atoms with Crippen LogP contribution in [-0.2, 0) is 22.4 Å². The number of aromatic nitrogens is 2. The SMILES string of the molecule is CCCCCCc1nc2c(-c3ccc(Br)s3)ccc(-c3ccc(/C=C(\C#N)C(=O)OCC(CC)CCCC)s3)c2nc1CCCCCC. The zero-order chi connectivity index (χ0) is 34.3. The lowest BCUT2D eigenvalue weighted by Crippen LogP contribution is -2.14. The lowest BCUT2D eigenvalue weighted by atomic mass is 10.0. The number of nitrogens with zero attached hydrogens (tertiary/aromatic N) is 3. The number of fused-ring (bicyclic) bond motifs is 1. The molecule has 0 aliphatic carbocycles. The topological polar surface area (TPSA) is 75.9 Å². The maximum Gasteiger partial charge on any atom is 0.348 e. The van der Waals surface area contributed by atoms with Crippen LogP contribution in [0.25, 0.3) is 38.0 Å². The van der Waals surface area contributed by atoms with E-state index in [0.717, 1.165) is 103 Å². The molecule has 0 N–H and O–H groups in total. The van der Waals surface area contributed by atoms with E-state index < -0.39 is 5.97 Å². The first-order valence-electron chi connectivity index (χ1n) is 17.9. The van der Waals surface area contributed by atoms with Crippen molar-refractivity contribution >= 4 is 61.7 Å². The molecule has 3 aromatic heterocycles. The molecular formula is C40H50BrN3O2S2. The van der Waals surface area contributed by atoms with Crippen LogP contribution in [0.2, 0.25) is 0 Å². The highest BCUT2D eigenvalue weighted by atomic mass is 79.9. The Hall–Kier alpha value is -2.86. The van der Waals surface area contributed by atoms with Crippen LogP contribution in [0.3, 0.4) is 0 Å². The molecule has 3 heterocycles. The highest BCUT2D eigenvalue weighted by molar-refractivity contribution is 9.11. The van der Waals surface area contributed by atoms with E-state index >= 15 is 0 Å². The summed E-state index contributed by atoms with van der Waals surface area (Å²) in [5.74, 6) is -0.229. The van der Waals surface area contributed by atoms with Crippen molar-refractivity contribution in [1.82, 2.24) is 9.97 Å². The first-order valence-corrected chi connectivity index (χ1v) is 20.3. The van der Waals surface area contributed by atoms with Crippen LogP contribution in [0.15, 0.2) is 45.8 Å². The number of hydrogen-bond donors (Lipinski definition) is 0. The van der Waals surface area contributed by atoms with E-state index in [2.05, 4.69) is 80.0 Å². The first kappa shape index (κ1) is 38.0. The second kappa shape index (κ2) is 20.0. The van der Waals surface area contributed by atoms with Gasteiger partial charge in [0.05, 0.1) is 32.8 Å². The fourth-order valence-electron chi connectivity index (χ4n) is 5.92. The second-order valence-electron chi connectivity index (χ2n) is 12.6. The minimum atomic E-state index is -0.552. The number of unbranched alkanes of at least 4 members (excludes halogenated alkanes) is 7. The van der Waals surface area contributed by atoms with Gasteiger partial charge in [-0.25, -0.2) is 14.8 Å². The van der Waals surface area contributed by atoms with Crippen molar-refractivity contribution < 1.29 is 9.53 Å². The maximum atomic E-state index is 12.9. The number of carbonyl (C=O) groups is 1. The third kappa shape index (κ3) is 10.6. The van der Waals surface area contributed by atoms with Crippen molar-refractivity contribution in [2.45, 2.75) is 118 Å². The summed E-state index contributed by atoms with van der Waals surface area (Å²) < 4.78 is 6.68. The molecule has 0 saturated carbocycles. The van der Waals surface area contributed by atoms with Crippen LogP contribution in [0.1, 0.15) is 121 Å². The molecule has 256 valence electrons. The highest BCUT2D eigenvalue weighted by Crippen LogP contribution is 2.40. The summed E-state index contributed by atoms with van der Waals surface area (Å²) in [5.41, 5.74) is 6.25. The molecule has 4 rings (SSSR count). The van der Waals surface area contributed by atoms with Gasteiger partial charge in [0.15, 0.2) is 0 Å². The number of carbonyl (C=O) groups excluding carboxylic acids is 1. The molecule has 0 fully saturated rings. The molecule has 0 spiro atoms. The van der Waals surface area contributed by atoms with Gasteiger partial charge < -0.3 is 4.74 Å². The Kier molecular flexibility index (Phi) is 15.8. The predicted molar refractivity (Wildman–Crippen MR) is 207 cm³/mol. The quantitative estimate of drug-likeness (QED) is 0.0389. The summed E-state index contributed by atoms with van der Waals surface area (Å²) in [6.45, 7) is 9.12. The predicted octanol–water partition coefficient (Wildman–Crippen LogP) is 12.8. The molecule has 0 radical (unpaired) electrons. The molecule has 0 aliphatic heterocycles. The van der Waals surface area contributed by atoms with Crippen molar-refractivity contribution in [2.75, 3.05) is 6.61 Å². The molecule has 0 amide bonds. The van der Waals surface area contributed by atoms with Gasteiger partial charge in [-0.05, 0) is 84.3 Å². The summed E-state index contributed by atoms with van der Waals surface area (Å²) in [5, 5.41) is 9.84. The van der Waals surface area contributed by atoms with Crippen LogP contribution >= 0.6 is 38.6 Å². The zero-order valence-electron chi connectivity index (χ0n) is 29.1. The summed E-state index contributed by atoms with van der Waals surface area (Å²) in [6.07, 6.45) is 17.3. The van der Waals surface area contributed by atoms with Crippen LogP contribution in [0, 0.1) is 17.2 Å². The Bertz CT molecular complexity index is 1700. The number of nitriles is 1. The lowest BCUT2D eigenvalue weighted by molar-refractivity contribution is -0.139. The summed E-state index contributed by atoms with van der Waals surface area (Å²) in [7, 11) is 0. The van der Waals surface area contributed by atoms with Crippen molar-refractivity contribution in [2.24, 2.45) is 5.92 Å². The number of esters is 1. The van der Waals surface area contributed by atoms with Gasteiger partial charge >= 0.3 is 5.97 Å². The molecule has 1 unspecified atom stereocenters. The molecular weight excluding hydrogens is 698 g/mol. The maximum absolute atomic E-state index is 12.9. The molecule has 1 aromatic carbocycles. The monoisotopic (exact) mass is 747 g/mol. The van der Waals surface area contributed by atoms with E-state index in [0.29, 0.717) is 12.5 Å². The largest absolute Gasteiger partial charge is 0.461 e. The number of hydrogen-bond acceptors (Lipinski definition) is 7. The second-order valence-corrected chi connectivity index (χ2v) is 16.2. The Morgan fingerprint density at radius 2 is 1.40 bits per heavy atom. The molecule has 8 heteroatoms. The van der Waals surface area contributed by atoms with Crippen molar-refractivity contribution in [3.63, 3.8) is 0 Å². The number of aryl methyl sites for hydroxylation is 2. The normalized spacial score (nSPS) is 12.4. The Balaban J connectivity index is 1.71. The van der Waals surface area contributed by atoms with Gasteiger partial charge in [-0.15, -0.1) is 22.7 Å². The van der Waals surface area contributed by atoms with Gasteiger partial charge in [0.2, 0.25) is 0 Å². The van der Waals surface area contributed by atoms with Gasteiger partial charge in [0, 0.05) is 25.8 Å². The minimum absolute atomic E-state index is 0.0269. The Labute approximate surface area is 304 Å². The number of rotatable bonds is 20. The van der Waals surface area contributed by atoms with E-state index in [1.807, 2.05) is 6.07 Å². The summed E-state index contributed by atoms with van der Waals surface area (Å²) >= 11 is 6.91. The third-order valence-corrected chi connectivity index (χ3v) is 11.6. The van der Waals surface area contributed by atoms with Crippen molar-refractivity contribution in [3.05, 3.63) is 62.0 Å². The molecule has 0 aliphatic rings. The molecule has 0 bridgehead atoms. The van der Waals surface area contributed by atoms with Crippen molar-refractivity contribution in [1.29, 1.82) is 5.26 Å². The summed E-state index contributed by atoms with van der Waals surface area (Å²) in [4.78, 5) is 26.7. The fourth-order valence-corrected chi connectivity index (χ4v) is 8.31. The average molecular weight is 749 g/mol. The number of thiophene rings is 2. The average Bonchev–Trinajstić information content (AvgIpc) is 3.75. The summed E-state index contributed by atoms with van der Waals surface area (Å²) in [6, 6.07) is 14.7. The third-order valence-electron chi connectivity index (χ3n) is 8.86. The van der Waals surface area contributed by atoms with Gasteiger partial charge in [-0.3, -0.25) is 0 Å². The number of ether oxygens (including phenoxy) is 1. The molecule has 0 saturated heterocycles. The molecule has 1 atom stereocenters. The minimum Gasteiger partial charge on any atom is -0.461 e. The van der Waals surface area contributed by atoms with Gasteiger partial charge in [-0.1, -0.05) is 97.6 Å². The Morgan fingerprint density at radius 1 is 0.812 bits per heavy atom. The van der Waals surface area contributed by atoms with Gasteiger partial charge in [0.25, 0.3) is 0 Å². The van der Waals surface area contributed by atoms with E-state index in [1.54, 1.807) is 28.7 Å². The standard InChI is InChI=1S/C40H50BrN3O2S2/c1-5-9-12-14-17-33-34(18-15-13-10-6-2)44-39-32(36-23-24-37(41)48-36)21-20-31(38(39)43-33)35-22-19-30(47-35)25-29(26-42)40(45)46-27-28(8-4)16-11-7-3/h19-25,28H,5-18,27H2,1-4H3/b29-25+. The van der Waals surface area contributed by atoms with Gasteiger partial charge in [0.1, 0.15) is 11.6 Å².